The van der Waals surface area contributed by atoms with Crippen LogP contribution in [0, 0.1) is 6.92 Å². The molecule has 0 aromatic carbocycles. The van der Waals surface area contributed by atoms with Gasteiger partial charge in [0.05, 0.1) is 18.9 Å². The van der Waals surface area contributed by atoms with Gasteiger partial charge in [0, 0.05) is 24.8 Å². The molecule has 6 heteroatoms. The highest BCUT2D eigenvalue weighted by molar-refractivity contribution is 5.75. The molecule has 0 radical (unpaired) electrons. The highest BCUT2D eigenvalue weighted by Gasteiger charge is 2.42. The van der Waals surface area contributed by atoms with E-state index in [4.69, 9.17) is 9.47 Å². The molecule has 0 unspecified atom stereocenters. The molecule has 6 nitrogen and oxygen atoms in total. The highest BCUT2D eigenvalue weighted by atomic mass is 16.6. The van der Waals surface area contributed by atoms with E-state index in [1.807, 2.05) is 39.8 Å². The highest BCUT2D eigenvalue weighted by Crippen LogP contribution is 2.36. The van der Waals surface area contributed by atoms with Gasteiger partial charge in [0.15, 0.2) is 5.60 Å². The summed E-state index contributed by atoms with van der Waals surface area (Å²) in [5.74, 6) is 0. The first kappa shape index (κ1) is 17.9. The number of ether oxygens (including phenoxy) is 2. The van der Waals surface area contributed by atoms with E-state index < -0.39 is 11.2 Å². The Bertz CT molecular complexity index is 702. The van der Waals surface area contributed by atoms with Crippen molar-refractivity contribution >= 4 is 11.7 Å². The van der Waals surface area contributed by atoms with Crippen LogP contribution in [-0.4, -0.2) is 53.0 Å². The zero-order chi connectivity index (χ0) is 18.2. The van der Waals surface area contributed by atoms with Gasteiger partial charge in [-0.2, -0.15) is 0 Å². The second kappa shape index (κ2) is 6.42. The number of pyridine rings is 1. The molecule has 0 saturated carbocycles. The van der Waals surface area contributed by atoms with Crippen LogP contribution in [0.3, 0.4) is 0 Å². The molecular weight excluding hydrogens is 320 g/mol. The third-order valence-electron chi connectivity index (χ3n) is 4.46. The van der Waals surface area contributed by atoms with Gasteiger partial charge in [-0.05, 0) is 51.3 Å². The van der Waals surface area contributed by atoms with Crippen molar-refractivity contribution in [3.63, 3.8) is 0 Å². The molecule has 1 aromatic rings. The summed E-state index contributed by atoms with van der Waals surface area (Å²) in [6.07, 6.45) is 4.16. The second-order valence-electron chi connectivity index (χ2n) is 7.78. The first-order chi connectivity index (χ1) is 11.7. The first-order valence-electron chi connectivity index (χ1n) is 8.63. The lowest BCUT2D eigenvalue weighted by molar-refractivity contribution is -0.187. The van der Waals surface area contributed by atoms with Crippen LogP contribution in [0.2, 0.25) is 0 Å². The predicted molar refractivity (Wildman–Crippen MR) is 94.1 cm³/mol. The van der Waals surface area contributed by atoms with Crippen LogP contribution in [-0.2, 0) is 15.1 Å². The standard InChI is InChI=1S/C19H26N2O4/c1-13-5-8-20-16(19(23)11-24-12-19)15(13)14-6-9-21(10-7-14)17(22)25-18(2,3)4/h5-6,8,23H,7,9-12H2,1-4H3. The lowest BCUT2D eigenvalue weighted by Crippen LogP contribution is -2.48. The number of aromatic nitrogens is 1. The number of aliphatic hydroxyl groups is 1. The number of amides is 1. The van der Waals surface area contributed by atoms with Crippen LogP contribution < -0.4 is 0 Å². The van der Waals surface area contributed by atoms with Crippen LogP contribution in [0.15, 0.2) is 18.3 Å². The summed E-state index contributed by atoms with van der Waals surface area (Å²) in [6.45, 7) is 9.23. The minimum atomic E-state index is -1.01. The van der Waals surface area contributed by atoms with Gasteiger partial charge in [0.1, 0.15) is 5.60 Å². The average molecular weight is 346 g/mol. The molecule has 136 valence electrons. The molecule has 25 heavy (non-hydrogen) atoms. The van der Waals surface area contributed by atoms with E-state index in [-0.39, 0.29) is 19.3 Å². The number of hydrogen-bond donors (Lipinski definition) is 1. The topological polar surface area (TPSA) is 71.9 Å². The molecule has 0 spiro atoms. The van der Waals surface area contributed by atoms with Crippen LogP contribution >= 0.6 is 0 Å². The van der Waals surface area contributed by atoms with Gasteiger partial charge in [0.2, 0.25) is 0 Å². The van der Waals surface area contributed by atoms with Crippen LogP contribution in [0.1, 0.15) is 44.0 Å². The van der Waals surface area contributed by atoms with Crippen molar-refractivity contribution in [2.45, 2.75) is 45.3 Å². The predicted octanol–water partition coefficient (Wildman–Crippen LogP) is 2.63. The summed E-state index contributed by atoms with van der Waals surface area (Å²) in [6, 6.07) is 1.95. The molecule has 2 aliphatic heterocycles. The maximum Gasteiger partial charge on any atom is 0.410 e. The third kappa shape index (κ3) is 3.70. The van der Waals surface area contributed by atoms with Crippen LogP contribution in [0.25, 0.3) is 5.57 Å². The molecule has 1 saturated heterocycles. The number of carbonyl (C=O) groups excluding carboxylic acids is 1. The van der Waals surface area contributed by atoms with Gasteiger partial charge in [-0.1, -0.05) is 6.08 Å². The van der Waals surface area contributed by atoms with Gasteiger partial charge < -0.3 is 19.5 Å². The van der Waals surface area contributed by atoms with Crippen molar-refractivity contribution in [1.82, 2.24) is 9.88 Å². The van der Waals surface area contributed by atoms with Gasteiger partial charge >= 0.3 is 6.09 Å². The molecule has 0 atom stereocenters. The Morgan fingerprint density at radius 2 is 2.12 bits per heavy atom. The van der Waals surface area contributed by atoms with Gasteiger partial charge in [-0.15, -0.1) is 0 Å². The van der Waals surface area contributed by atoms with Crippen molar-refractivity contribution in [3.8, 4) is 0 Å². The molecule has 2 aliphatic rings. The number of rotatable bonds is 2. The van der Waals surface area contributed by atoms with E-state index in [0.717, 1.165) is 16.7 Å². The van der Waals surface area contributed by atoms with E-state index in [1.165, 1.54) is 0 Å². The summed E-state index contributed by atoms with van der Waals surface area (Å²) < 4.78 is 10.6. The quantitative estimate of drug-likeness (QED) is 0.891. The summed E-state index contributed by atoms with van der Waals surface area (Å²) in [4.78, 5) is 18.3. The second-order valence-corrected chi connectivity index (χ2v) is 7.78. The van der Waals surface area contributed by atoms with Crippen LogP contribution in [0.4, 0.5) is 4.79 Å². The summed E-state index contributed by atoms with van der Waals surface area (Å²) in [5.41, 5.74) is 2.34. The lowest BCUT2D eigenvalue weighted by atomic mass is 9.86. The molecule has 1 aromatic heterocycles. The summed E-state index contributed by atoms with van der Waals surface area (Å²) in [5, 5.41) is 10.7. The Morgan fingerprint density at radius 1 is 1.40 bits per heavy atom. The fraction of sp³-hybridized carbons (Fsp3) is 0.579. The monoisotopic (exact) mass is 346 g/mol. The number of carbonyl (C=O) groups is 1. The fourth-order valence-electron chi connectivity index (χ4n) is 3.14. The molecule has 1 fully saturated rings. The Balaban J connectivity index is 1.82. The minimum Gasteiger partial charge on any atom is -0.444 e. The summed E-state index contributed by atoms with van der Waals surface area (Å²) in [7, 11) is 0. The SMILES string of the molecule is Cc1ccnc(C2(O)COC2)c1C1=CCN(C(=O)OC(C)(C)C)CC1. The largest absolute Gasteiger partial charge is 0.444 e. The third-order valence-corrected chi connectivity index (χ3v) is 4.46. The summed E-state index contributed by atoms with van der Waals surface area (Å²) >= 11 is 0. The first-order valence-corrected chi connectivity index (χ1v) is 8.63. The normalized spacial score (nSPS) is 19.9. The van der Waals surface area contributed by atoms with Crippen LogP contribution in [0.5, 0.6) is 0 Å². The Hall–Kier alpha value is -1.92. The van der Waals surface area contributed by atoms with Gasteiger partial charge in [-0.25, -0.2) is 4.79 Å². The molecular formula is C19H26N2O4. The molecule has 1 N–H and O–H groups in total. The van der Waals surface area contributed by atoms with E-state index >= 15 is 0 Å². The average Bonchev–Trinajstić information content (AvgIpc) is 2.51. The van der Waals surface area contributed by atoms with Crippen molar-refractivity contribution in [3.05, 3.63) is 35.2 Å². The lowest BCUT2D eigenvalue weighted by Gasteiger charge is -2.38. The minimum absolute atomic E-state index is 0.272. The van der Waals surface area contributed by atoms with E-state index in [9.17, 15) is 9.90 Å². The molecule has 0 aliphatic carbocycles. The van der Waals surface area contributed by atoms with Crippen molar-refractivity contribution in [2.24, 2.45) is 0 Å². The van der Waals surface area contributed by atoms with E-state index in [2.05, 4.69) is 4.98 Å². The number of nitrogens with zero attached hydrogens (tertiary/aromatic N) is 2. The Labute approximate surface area is 148 Å². The van der Waals surface area contributed by atoms with Gasteiger partial charge in [-0.3, -0.25) is 4.98 Å². The maximum atomic E-state index is 12.2. The molecule has 3 rings (SSSR count). The fourth-order valence-corrected chi connectivity index (χ4v) is 3.14. The zero-order valence-electron chi connectivity index (χ0n) is 15.3. The van der Waals surface area contributed by atoms with Crippen molar-refractivity contribution in [2.75, 3.05) is 26.3 Å². The molecule has 1 amide bonds. The smallest absolute Gasteiger partial charge is 0.410 e. The van der Waals surface area contributed by atoms with Gasteiger partial charge in [0.25, 0.3) is 0 Å². The Kier molecular flexibility index (Phi) is 4.60. The number of hydrogen-bond acceptors (Lipinski definition) is 5. The zero-order valence-corrected chi connectivity index (χ0v) is 15.3. The maximum absolute atomic E-state index is 12.2. The van der Waals surface area contributed by atoms with Crippen molar-refractivity contribution in [1.29, 1.82) is 0 Å². The van der Waals surface area contributed by atoms with E-state index in [1.54, 1.807) is 11.1 Å². The number of aryl methyl sites for hydroxylation is 1. The molecule has 3 heterocycles. The van der Waals surface area contributed by atoms with E-state index in [0.29, 0.717) is 25.2 Å². The Morgan fingerprint density at radius 3 is 2.64 bits per heavy atom. The molecule has 0 bridgehead atoms. The van der Waals surface area contributed by atoms with Crippen molar-refractivity contribution < 1.29 is 19.4 Å².